The van der Waals surface area contributed by atoms with Gasteiger partial charge in [0.15, 0.2) is 0 Å². The smallest absolute Gasteiger partial charge is 0.278 e. The summed E-state index contributed by atoms with van der Waals surface area (Å²) in [6.07, 6.45) is 3.19. The molecule has 166 valence electrons. The average Bonchev–Trinajstić information content (AvgIpc) is 2.80. The third-order valence-electron chi connectivity index (χ3n) is 6.08. The zero-order valence-corrected chi connectivity index (χ0v) is 18.7. The molecule has 1 unspecified atom stereocenters. The highest BCUT2D eigenvalue weighted by Gasteiger charge is 2.27. The lowest BCUT2D eigenvalue weighted by atomic mass is 10.1. The highest BCUT2D eigenvalue weighted by atomic mass is 35.5. The van der Waals surface area contributed by atoms with Gasteiger partial charge in [-0.15, -0.1) is 0 Å². The monoisotopic (exact) mass is 453 g/mol. The molecule has 1 aliphatic heterocycles. The number of amides is 1. The minimum Gasteiger partial charge on any atom is -0.368 e. The number of carbonyl (C=O) groups excluding carboxylic acids is 1. The zero-order chi connectivity index (χ0) is 22.8. The molecule has 1 saturated heterocycles. The molecule has 9 heteroatoms. The van der Waals surface area contributed by atoms with Crippen molar-refractivity contribution in [2.24, 2.45) is 0 Å². The lowest BCUT2D eigenvalue weighted by molar-refractivity contribution is -0.383. The minimum absolute atomic E-state index is 0.0529. The Hall–Kier alpha value is -3.23. The fraction of sp³-hybridized carbons (Fsp3) is 0.304. The summed E-state index contributed by atoms with van der Waals surface area (Å²) < 4.78 is 0. The molecule has 0 saturated carbocycles. The van der Waals surface area contributed by atoms with Crippen LogP contribution in [0.5, 0.6) is 0 Å². The van der Waals surface area contributed by atoms with Gasteiger partial charge in [0.05, 0.1) is 16.4 Å². The van der Waals surface area contributed by atoms with Crippen LogP contribution < -0.4 is 10.2 Å². The summed E-state index contributed by atoms with van der Waals surface area (Å²) in [4.78, 5) is 32.2. The predicted molar refractivity (Wildman–Crippen MR) is 126 cm³/mol. The second-order valence-corrected chi connectivity index (χ2v) is 8.29. The van der Waals surface area contributed by atoms with Gasteiger partial charge >= 0.3 is 0 Å². The highest BCUT2D eigenvalue weighted by Crippen LogP contribution is 2.33. The molecule has 2 heterocycles. The van der Waals surface area contributed by atoms with Gasteiger partial charge in [0.1, 0.15) is 0 Å². The van der Waals surface area contributed by atoms with Gasteiger partial charge < -0.3 is 10.2 Å². The van der Waals surface area contributed by atoms with Crippen molar-refractivity contribution in [3.05, 3.63) is 69.5 Å². The molecule has 8 nitrogen and oxygen atoms in total. The number of nitrogens with one attached hydrogen (secondary N) is 1. The van der Waals surface area contributed by atoms with Crippen LogP contribution in [0.3, 0.4) is 0 Å². The highest BCUT2D eigenvalue weighted by molar-refractivity contribution is 6.31. The maximum atomic E-state index is 12.8. The number of rotatable bonds is 5. The molecule has 1 atom stereocenters. The predicted octanol–water partition coefficient (Wildman–Crippen LogP) is 4.25. The average molecular weight is 454 g/mol. The van der Waals surface area contributed by atoms with Crippen LogP contribution >= 0.6 is 11.6 Å². The maximum absolute atomic E-state index is 12.8. The summed E-state index contributed by atoms with van der Waals surface area (Å²) in [5.41, 5.74) is 2.56. The van der Waals surface area contributed by atoms with Crippen molar-refractivity contribution in [1.82, 2.24) is 9.88 Å². The summed E-state index contributed by atoms with van der Waals surface area (Å²) in [7, 11) is 0. The first-order chi connectivity index (χ1) is 15.4. The molecule has 0 radical (unpaired) electrons. The van der Waals surface area contributed by atoms with Crippen molar-refractivity contribution >= 4 is 45.3 Å². The number of fused-ring (bicyclic) bond motifs is 1. The number of piperazine rings is 1. The third kappa shape index (κ3) is 4.24. The lowest BCUT2D eigenvalue weighted by Crippen LogP contribution is -2.52. The van der Waals surface area contributed by atoms with Crippen LogP contribution in [0.4, 0.5) is 17.1 Å². The fourth-order valence-electron chi connectivity index (χ4n) is 4.09. The molecule has 32 heavy (non-hydrogen) atoms. The molecule has 0 bridgehead atoms. The Kier molecular flexibility index (Phi) is 6.25. The van der Waals surface area contributed by atoms with E-state index < -0.39 is 0 Å². The Balaban J connectivity index is 1.45. The summed E-state index contributed by atoms with van der Waals surface area (Å²) >= 11 is 6.16. The van der Waals surface area contributed by atoms with Gasteiger partial charge in [-0.25, -0.2) is 0 Å². The quantitative estimate of drug-likeness (QED) is 0.458. The van der Waals surface area contributed by atoms with E-state index in [0.29, 0.717) is 36.6 Å². The maximum Gasteiger partial charge on any atom is 0.278 e. The van der Waals surface area contributed by atoms with Crippen LogP contribution in [0.25, 0.3) is 10.8 Å². The van der Waals surface area contributed by atoms with E-state index in [1.807, 2.05) is 32.0 Å². The Bertz CT molecular complexity index is 1180. The molecule has 0 aliphatic carbocycles. The topological polar surface area (TPSA) is 91.6 Å². The Morgan fingerprint density at radius 3 is 2.62 bits per heavy atom. The summed E-state index contributed by atoms with van der Waals surface area (Å²) in [5, 5.41) is 16.3. The molecule has 2 aromatic carbocycles. The number of halogens is 1. The molecule has 0 spiro atoms. The van der Waals surface area contributed by atoms with Gasteiger partial charge in [-0.05, 0) is 43.7 Å². The number of nitro groups is 1. The second-order valence-electron chi connectivity index (χ2n) is 7.88. The van der Waals surface area contributed by atoms with E-state index in [0.717, 1.165) is 22.3 Å². The number of aromatic nitrogens is 1. The van der Waals surface area contributed by atoms with Crippen LogP contribution in [0.1, 0.15) is 12.5 Å². The van der Waals surface area contributed by atoms with E-state index in [1.54, 1.807) is 18.3 Å². The number of nitrogens with zero attached hydrogens (tertiary/aromatic N) is 4. The third-order valence-corrected chi connectivity index (χ3v) is 6.49. The fourth-order valence-corrected chi connectivity index (χ4v) is 4.26. The molecule has 1 aliphatic rings. The summed E-state index contributed by atoms with van der Waals surface area (Å²) in [6.45, 7) is 6.61. The summed E-state index contributed by atoms with van der Waals surface area (Å²) in [6, 6.07) is 10.3. The van der Waals surface area contributed by atoms with Crippen molar-refractivity contribution in [2.45, 2.75) is 19.9 Å². The second kappa shape index (κ2) is 9.10. The van der Waals surface area contributed by atoms with Crippen molar-refractivity contribution in [3.63, 3.8) is 0 Å². The van der Waals surface area contributed by atoms with Gasteiger partial charge in [0.2, 0.25) is 5.91 Å². The van der Waals surface area contributed by atoms with E-state index in [1.165, 1.54) is 12.3 Å². The van der Waals surface area contributed by atoms with Crippen LogP contribution in [0.15, 0.2) is 48.8 Å². The number of hydrogen-bond acceptors (Lipinski definition) is 6. The Morgan fingerprint density at radius 2 is 1.91 bits per heavy atom. The lowest BCUT2D eigenvalue weighted by Gasteiger charge is -2.39. The molecular formula is C23H24ClN5O3. The van der Waals surface area contributed by atoms with E-state index >= 15 is 0 Å². The number of benzene rings is 2. The number of pyridine rings is 1. The van der Waals surface area contributed by atoms with Gasteiger partial charge in [0, 0.05) is 66.4 Å². The van der Waals surface area contributed by atoms with Crippen LogP contribution in [0, 0.1) is 17.0 Å². The van der Waals surface area contributed by atoms with E-state index in [9.17, 15) is 14.9 Å². The van der Waals surface area contributed by atoms with Crippen LogP contribution in [-0.4, -0.2) is 52.9 Å². The normalized spacial score (nSPS) is 15.5. The molecule has 1 N–H and O–H groups in total. The Morgan fingerprint density at radius 1 is 1.16 bits per heavy atom. The molecule has 1 aromatic heterocycles. The SMILES string of the molecule is Cc1c(Cl)cccc1NC(=O)C(C)N1CCN(c2ccc([N+](=O)[O-])c3cnccc23)CC1. The molecular weight excluding hydrogens is 430 g/mol. The molecule has 4 rings (SSSR count). The minimum atomic E-state index is -0.381. The van der Waals surface area contributed by atoms with Crippen molar-refractivity contribution in [2.75, 3.05) is 36.4 Å². The first kappa shape index (κ1) is 22.0. The van der Waals surface area contributed by atoms with Crippen molar-refractivity contribution in [3.8, 4) is 0 Å². The largest absolute Gasteiger partial charge is 0.368 e. The molecule has 1 fully saturated rings. The summed E-state index contributed by atoms with van der Waals surface area (Å²) in [5.74, 6) is -0.0734. The van der Waals surface area contributed by atoms with Crippen molar-refractivity contribution < 1.29 is 9.72 Å². The number of carbonyl (C=O) groups is 1. The van der Waals surface area contributed by atoms with E-state index in [4.69, 9.17) is 11.6 Å². The van der Waals surface area contributed by atoms with Gasteiger partial charge in [0.25, 0.3) is 5.69 Å². The van der Waals surface area contributed by atoms with Crippen LogP contribution in [0.2, 0.25) is 5.02 Å². The first-order valence-corrected chi connectivity index (χ1v) is 10.8. The number of nitro benzene ring substituents is 1. The van der Waals surface area contributed by atoms with Crippen LogP contribution in [-0.2, 0) is 4.79 Å². The van der Waals surface area contributed by atoms with Crippen molar-refractivity contribution in [1.29, 1.82) is 0 Å². The number of non-ortho nitro benzene ring substituents is 1. The van der Waals surface area contributed by atoms with Gasteiger partial charge in [-0.1, -0.05) is 17.7 Å². The zero-order valence-electron chi connectivity index (χ0n) is 17.9. The van der Waals surface area contributed by atoms with E-state index in [-0.39, 0.29) is 22.6 Å². The molecule has 1 amide bonds. The number of anilines is 2. The van der Waals surface area contributed by atoms with Gasteiger partial charge in [-0.2, -0.15) is 0 Å². The Labute approximate surface area is 190 Å². The first-order valence-electron chi connectivity index (χ1n) is 10.4. The van der Waals surface area contributed by atoms with Gasteiger partial charge in [-0.3, -0.25) is 24.8 Å². The molecule has 3 aromatic rings. The number of hydrogen-bond donors (Lipinski definition) is 1. The standard InChI is InChI=1S/C23H24ClN5O3/c1-15-19(24)4-3-5-20(15)26-23(30)16(2)27-10-12-28(13-11-27)21-6-7-22(29(31)32)18-14-25-9-8-17(18)21/h3-9,14,16H,10-13H2,1-2H3,(H,26,30). The van der Waals surface area contributed by atoms with E-state index in [2.05, 4.69) is 20.1 Å².